The van der Waals surface area contributed by atoms with Gasteiger partial charge in [-0.1, -0.05) is 210 Å². The van der Waals surface area contributed by atoms with Gasteiger partial charge in [0.1, 0.15) is 0 Å². The van der Waals surface area contributed by atoms with Crippen LogP contribution in [0.3, 0.4) is 0 Å². The van der Waals surface area contributed by atoms with Crippen LogP contribution in [0.2, 0.25) is 0 Å². The highest BCUT2D eigenvalue weighted by Crippen LogP contribution is 2.15. The molecule has 4 heteroatoms. The predicted molar refractivity (Wildman–Crippen MR) is 225 cm³/mol. The van der Waals surface area contributed by atoms with Gasteiger partial charge in [0.2, 0.25) is 5.91 Å². The van der Waals surface area contributed by atoms with E-state index in [-0.39, 0.29) is 12.5 Å². The zero-order valence-electron chi connectivity index (χ0n) is 34.1. The molecule has 51 heavy (non-hydrogen) atoms. The maximum Gasteiger partial charge on any atom is 0.220 e. The first-order chi connectivity index (χ1) is 25.2. The lowest BCUT2D eigenvalue weighted by atomic mass is 10.0. The maximum absolute atomic E-state index is 12.3. The van der Waals surface area contributed by atoms with Gasteiger partial charge in [-0.15, -0.1) is 0 Å². The average molecular weight is 714 g/mol. The molecular weight excluding hydrogens is 627 g/mol. The van der Waals surface area contributed by atoms with E-state index in [4.69, 9.17) is 0 Å². The summed E-state index contributed by atoms with van der Waals surface area (Å²) in [5, 5.41) is 22.8. The van der Waals surface area contributed by atoms with Crippen molar-refractivity contribution in [2.45, 2.75) is 238 Å². The van der Waals surface area contributed by atoms with Gasteiger partial charge in [0.05, 0.1) is 18.8 Å². The SMILES string of the molecule is CCCC/C=C/CC/C=C/C(O)C(CO)NC(=O)CCCCCCCCCCCCCCCCCCCCC/C=C\C/C=C\CCCCCCC. The second-order valence-corrected chi connectivity index (χ2v) is 15.1. The van der Waals surface area contributed by atoms with Crippen molar-refractivity contribution in [2.75, 3.05) is 6.61 Å². The lowest BCUT2D eigenvalue weighted by Gasteiger charge is -2.19. The molecule has 0 aromatic rings. The van der Waals surface area contributed by atoms with Crippen molar-refractivity contribution in [1.82, 2.24) is 5.32 Å². The van der Waals surface area contributed by atoms with E-state index < -0.39 is 12.1 Å². The molecule has 0 heterocycles. The Morgan fingerprint density at radius 2 is 0.843 bits per heavy atom. The van der Waals surface area contributed by atoms with Crippen LogP contribution in [0.25, 0.3) is 0 Å². The van der Waals surface area contributed by atoms with Crippen LogP contribution in [0, 0.1) is 0 Å². The fraction of sp³-hybridized carbons (Fsp3) is 0.809. The van der Waals surface area contributed by atoms with Gasteiger partial charge in [0.25, 0.3) is 0 Å². The Morgan fingerprint density at radius 3 is 1.31 bits per heavy atom. The summed E-state index contributed by atoms with van der Waals surface area (Å²) in [4.78, 5) is 12.3. The van der Waals surface area contributed by atoms with Crippen molar-refractivity contribution in [1.29, 1.82) is 0 Å². The zero-order valence-corrected chi connectivity index (χ0v) is 34.1. The lowest BCUT2D eigenvalue weighted by Crippen LogP contribution is -2.45. The molecule has 0 saturated heterocycles. The molecule has 0 aliphatic carbocycles. The number of hydrogen-bond acceptors (Lipinski definition) is 3. The molecule has 1 amide bonds. The fourth-order valence-corrected chi connectivity index (χ4v) is 6.56. The molecule has 0 saturated carbocycles. The Bertz CT molecular complexity index is 816. The van der Waals surface area contributed by atoms with Gasteiger partial charge < -0.3 is 15.5 Å². The zero-order chi connectivity index (χ0) is 37.1. The largest absolute Gasteiger partial charge is 0.394 e. The summed E-state index contributed by atoms with van der Waals surface area (Å²) in [6.07, 6.45) is 58.2. The van der Waals surface area contributed by atoms with Crippen LogP contribution in [0.15, 0.2) is 48.6 Å². The van der Waals surface area contributed by atoms with Gasteiger partial charge in [-0.25, -0.2) is 0 Å². The van der Waals surface area contributed by atoms with Crippen molar-refractivity contribution < 1.29 is 15.0 Å². The molecule has 4 nitrogen and oxygen atoms in total. The molecule has 0 rings (SSSR count). The Kier molecular flexibility index (Phi) is 41.4. The van der Waals surface area contributed by atoms with Crippen LogP contribution in [0.5, 0.6) is 0 Å². The van der Waals surface area contributed by atoms with Gasteiger partial charge >= 0.3 is 0 Å². The third kappa shape index (κ3) is 39.4. The van der Waals surface area contributed by atoms with Crippen molar-refractivity contribution in [2.24, 2.45) is 0 Å². The molecule has 0 aliphatic rings. The van der Waals surface area contributed by atoms with Crippen molar-refractivity contribution in [3.8, 4) is 0 Å². The van der Waals surface area contributed by atoms with E-state index in [1.165, 1.54) is 167 Å². The molecule has 3 N–H and O–H groups in total. The van der Waals surface area contributed by atoms with Gasteiger partial charge in [-0.3, -0.25) is 4.79 Å². The molecule has 298 valence electrons. The van der Waals surface area contributed by atoms with Crippen LogP contribution in [-0.4, -0.2) is 34.9 Å². The Morgan fingerprint density at radius 1 is 0.471 bits per heavy atom. The number of carbonyl (C=O) groups is 1. The normalized spacial score (nSPS) is 13.4. The molecule has 2 atom stereocenters. The summed E-state index contributed by atoms with van der Waals surface area (Å²) in [5.74, 6) is -0.0766. The number of hydrogen-bond donors (Lipinski definition) is 3. The molecule has 0 radical (unpaired) electrons. The van der Waals surface area contributed by atoms with E-state index in [1.807, 2.05) is 6.08 Å². The summed E-state index contributed by atoms with van der Waals surface area (Å²) in [7, 11) is 0. The number of aliphatic hydroxyl groups is 2. The number of rotatable bonds is 40. The first-order valence-electron chi connectivity index (χ1n) is 22.4. The Hall–Kier alpha value is -1.65. The van der Waals surface area contributed by atoms with E-state index >= 15 is 0 Å². The number of carbonyl (C=O) groups excluding carboxylic acids is 1. The van der Waals surface area contributed by atoms with Crippen LogP contribution < -0.4 is 5.32 Å². The van der Waals surface area contributed by atoms with Crippen molar-refractivity contribution >= 4 is 5.91 Å². The highest BCUT2D eigenvalue weighted by atomic mass is 16.3. The van der Waals surface area contributed by atoms with Gasteiger partial charge in [-0.2, -0.15) is 0 Å². The highest BCUT2D eigenvalue weighted by Gasteiger charge is 2.17. The smallest absolute Gasteiger partial charge is 0.220 e. The second kappa shape index (κ2) is 42.8. The Balaban J connectivity index is 3.42. The molecule has 0 spiro atoms. The summed E-state index contributed by atoms with van der Waals surface area (Å²) in [6.45, 7) is 4.21. The maximum atomic E-state index is 12.3. The molecule has 0 bridgehead atoms. The number of amides is 1. The van der Waals surface area contributed by atoms with Crippen LogP contribution in [0.1, 0.15) is 226 Å². The molecule has 2 unspecified atom stereocenters. The molecule has 0 aromatic heterocycles. The minimum atomic E-state index is -0.858. The number of allylic oxidation sites excluding steroid dienone is 7. The summed E-state index contributed by atoms with van der Waals surface area (Å²) in [5.41, 5.74) is 0. The van der Waals surface area contributed by atoms with E-state index in [9.17, 15) is 15.0 Å². The van der Waals surface area contributed by atoms with E-state index in [2.05, 4.69) is 55.6 Å². The van der Waals surface area contributed by atoms with Crippen LogP contribution >= 0.6 is 0 Å². The van der Waals surface area contributed by atoms with Crippen LogP contribution in [-0.2, 0) is 4.79 Å². The molecular formula is C47H87NO3. The third-order valence-electron chi connectivity index (χ3n) is 10.0. The standard InChI is InChI=1S/C47H87NO3/c1-3-5-7-9-11-13-14-15-16-17-18-19-20-21-22-23-24-25-26-27-28-29-30-31-32-33-34-35-37-39-41-43-47(51)48-45(44-49)46(50)42-40-38-36-12-10-8-6-4-2/h10,12,14-15,17-18,40,42,45-46,49-50H,3-9,11,13,16,19-39,41,43-44H2,1-2H3,(H,48,51)/b12-10+,15-14-,18-17-,42-40+. The van der Waals surface area contributed by atoms with Gasteiger partial charge in [-0.05, 0) is 57.8 Å². The number of nitrogens with one attached hydrogen (secondary N) is 1. The second-order valence-electron chi connectivity index (χ2n) is 15.1. The van der Waals surface area contributed by atoms with Crippen molar-refractivity contribution in [3.63, 3.8) is 0 Å². The molecule has 0 fully saturated rings. The highest BCUT2D eigenvalue weighted by molar-refractivity contribution is 5.76. The van der Waals surface area contributed by atoms with E-state index in [1.54, 1.807) is 6.08 Å². The topological polar surface area (TPSA) is 69.6 Å². The van der Waals surface area contributed by atoms with Crippen LogP contribution in [0.4, 0.5) is 0 Å². The minimum Gasteiger partial charge on any atom is -0.394 e. The summed E-state index contributed by atoms with van der Waals surface area (Å²) < 4.78 is 0. The summed E-state index contributed by atoms with van der Waals surface area (Å²) >= 11 is 0. The first-order valence-corrected chi connectivity index (χ1v) is 22.4. The van der Waals surface area contributed by atoms with Crippen molar-refractivity contribution in [3.05, 3.63) is 48.6 Å². The summed E-state index contributed by atoms with van der Waals surface area (Å²) in [6, 6.07) is -0.635. The molecule has 0 aliphatic heterocycles. The number of unbranched alkanes of at least 4 members (excludes halogenated alkanes) is 27. The fourth-order valence-electron chi connectivity index (χ4n) is 6.56. The number of aliphatic hydroxyl groups excluding tert-OH is 2. The van der Waals surface area contributed by atoms with Gasteiger partial charge in [0, 0.05) is 6.42 Å². The van der Waals surface area contributed by atoms with Gasteiger partial charge in [0.15, 0.2) is 0 Å². The Labute approximate surface area is 318 Å². The monoisotopic (exact) mass is 714 g/mol. The third-order valence-corrected chi connectivity index (χ3v) is 10.0. The predicted octanol–water partition coefficient (Wildman–Crippen LogP) is 14.0. The van der Waals surface area contributed by atoms with E-state index in [0.717, 1.165) is 38.5 Å². The lowest BCUT2D eigenvalue weighted by molar-refractivity contribution is -0.123. The quantitative estimate of drug-likeness (QED) is 0.0437. The molecule has 0 aromatic carbocycles. The minimum absolute atomic E-state index is 0.0766. The average Bonchev–Trinajstić information content (AvgIpc) is 3.13. The first kappa shape index (κ1) is 49.4. The van der Waals surface area contributed by atoms with E-state index in [0.29, 0.717) is 6.42 Å².